The molecule has 3 N–H and O–H groups in total. The summed E-state index contributed by atoms with van der Waals surface area (Å²) in [6.07, 6.45) is 2.72. The van der Waals surface area contributed by atoms with Gasteiger partial charge in [0.2, 0.25) is 5.91 Å². The van der Waals surface area contributed by atoms with E-state index in [1.807, 2.05) is 30.3 Å². The van der Waals surface area contributed by atoms with Crippen LogP contribution in [0, 0.1) is 0 Å². The normalized spacial score (nSPS) is 13.2. The monoisotopic (exact) mass is 304 g/mol. The number of benzene rings is 1. The molecule has 1 aromatic carbocycles. The second-order valence-corrected chi connectivity index (χ2v) is 5.64. The van der Waals surface area contributed by atoms with Crippen LogP contribution in [0.15, 0.2) is 30.3 Å². The molecular formula is C13H21ClN2O2S. The molecule has 0 bridgehead atoms. The topological polar surface area (TPSA) is 72.2 Å². The molecule has 0 radical (unpaired) electrons. The smallest absolute Gasteiger partial charge is 0.220 e. The number of nitrogens with two attached hydrogens (primary N) is 1. The lowest BCUT2D eigenvalue weighted by Crippen LogP contribution is -2.32. The highest BCUT2D eigenvalue weighted by Gasteiger charge is 2.15. The molecule has 0 spiro atoms. The fraction of sp³-hybridized carbons (Fsp3) is 0.462. The van der Waals surface area contributed by atoms with E-state index in [2.05, 4.69) is 5.32 Å². The van der Waals surface area contributed by atoms with Gasteiger partial charge in [-0.05, 0) is 18.5 Å². The number of amides is 1. The molecule has 0 fully saturated rings. The first kappa shape index (κ1) is 18.1. The number of halogens is 1. The fourth-order valence-corrected chi connectivity index (χ4v) is 2.42. The maximum Gasteiger partial charge on any atom is 0.220 e. The molecule has 2 unspecified atom stereocenters. The lowest BCUT2D eigenvalue weighted by molar-refractivity contribution is -0.121. The molecule has 0 aliphatic rings. The molecule has 0 heterocycles. The van der Waals surface area contributed by atoms with Gasteiger partial charge >= 0.3 is 0 Å². The summed E-state index contributed by atoms with van der Waals surface area (Å²) >= 11 is 0. The average Bonchev–Trinajstić information content (AvgIpc) is 2.36. The lowest BCUT2D eigenvalue weighted by Gasteiger charge is -2.18. The summed E-state index contributed by atoms with van der Waals surface area (Å²) in [5.74, 6) is 0.387. The Morgan fingerprint density at radius 3 is 2.53 bits per heavy atom. The maximum atomic E-state index is 11.7. The van der Waals surface area contributed by atoms with E-state index < -0.39 is 10.8 Å². The second-order valence-electron chi connectivity index (χ2n) is 4.16. The number of carbonyl (C=O) groups is 1. The van der Waals surface area contributed by atoms with Crippen molar-refractivity contribution in [2.24, 2.45) is 5.73 Å². The Labute approximate surface area is 123 Å². The van der Waals surface area contributed by atoms with Gasteiger partial charge in [0, 0.05) is 29.2 Å². The molecule has 2 atom stereocenters. The van der Waals surface area contributed by atoms with Crippen molar-refractivity contribution in [1.29, 1.82) is 0 Å². The number of carbonyl (C=O) groups excluding carboxylic acids is 1. The number of nitrogens with one attached hydrogen (secondary N) is 1. The molecule has 4 nitrogen and oxygen atoms in total. The Bertz CT molecular complexity index is 401. The van der Waals surface area contributed by atoms with Crippen molar-refractivity contribution in [1.82, 2.24) is 5.32 Å². The van der Waals surface area contributed by atoms with Gasteiger partial charge < -0.3 is 11.1 Å². The molecule has 19 heavy (non-hydrogen) atoms. The minimum absolute atomic E-state index is 0. The third kappa shape index (κ3) is 7.30. The van der Waals surface area contributed by atoms with Gasteiger partial charge in [0.15, 0.2) is 0 Å². The molecule has 108 valence electrons. The average molecular weight is 305 g/mol. The van der Waals surface area contributed by atoms with Gasteiger partial charge in [-0.25, -0.2) is 0 Å². The van der Waals surface area contributed by atoms with Crippen molar-refractivity contribution in [2.45, 2.75) is 18.9 Å². The molecule has 1 rings (SSSR count). The molecule has 0 aliphatic heterocycles. The minimum Gasteiger partial charge on any atom is -0.348 e. The van der Waals surface area contributed by atoms with Crippen LogP contribution in [-0.4, -0.2) is 28.7 Å². The zero-order valence-electron chi connectivity index (χ0n) is 11.0. The Balaban J connectivity index is 0.00000324. The van der Waals surface area contributed by atoms with E-state index in [1.54, 1.807) is 6.26 Å². The van der Waals surface area contributed by atoms with Gasteiger partial charge in [-0.3, -0.25) is 9.00 Å². The summed E-state index contributed by atoms with van der Waals surface area (Å²) in [5.41, 5.74) is 6.35. The molecular weight excluding hydrogens is 284 g/mol. The van der Waals surface area contributed by atoms with Crippen molar-refractivity contribution in [3.05, 3.63) is 35.9 Å². The highest BCUT2D eigenvalue weighted by molar-refractivity contribution is 7.84. The molecule has 6 heteroatoms. The van der Waals surface area contributed by atoms with Gasteiger partial charge in [-0.2, -0.15) is 0 Å². The van der Waals surface area contributed by atoms with E-state index in [4.69, 9.17) is 5.73 Å². The zero-order chi connectivity index (χ0) is 13.4. The first-order valence-electron chi connectivity index (χ1n) is 5.98. The standard InChI is InChI=1S/C13H20N2O2S.ClH/c1-18(17)10-12(11-6-3-2-4-7-11)15-13(16)8-5-9-14;/h2-4,6-7,12H,5,8-10,14H2,1H3,(H,15,16);1H. The highest BCUT2D eigenvalue weighted by atomic mass is 35.5. The van der Waals surface area contributed by atoms with Crippen LogP contribution in [0.1, 0.15) is 24.4 Å². The van der Waals surface area contributed by atoms with Crippen molar-refractivity contribution in [3.8, 4) is 0 Å². The van der Waals surface area contributed by atoms with Gasteiger partial charge in [0.1, 0.15) is 0 Å². The van der Waals surface area contributed by atoms with Crippen LogP contribution in [-0.2, 0) is 15.6 Å². The van der Waals surface area contributed by atoms with E-state index in [-0.39, 0.29) is 24.4 Å². The van der Waals surface area contributed by atoms with E-state index >= 15 is 0 Å². The van der Waals surface area contributed by atoms with Crippen molar-refractivity contribution in [2.75, 3.05) is 18.6 Å². The Hall–Kier alpha value is -0.910. The Morgan fingerprint density at radius 2 is 2.00 bits per heavy atom. The van der Waals surface area contributed by atoms with Crippen molar-refractivity contribution in [3.63, 3.8) is 0 Å². The SMILES string of the molecule is CS(=O)CC(NC(=O)CCCN)c1ccccc1.Cl. The quantitative estimate of drug-likeness (QED) is 0.799. The Kier molecular flexibility index (Phi) is 9.47. The van der Waals surface area contributed by atoms with Crippen LogP contribution in [0.4, 0.5) is 0 Å². The van der Waals surface area contributed by atoms with Gasteiger partial charge in [-0.15, -0.1) is 12.4 Å². The molecule has 0 saturated heterocycles. The summed E-state index contributed by atoms with van der Waals surface area (Å²) in [6.45, 7) is 0.503. The van der Waals surface area contributed by atoms with Crippen LogP contribution in [0.5, 0.6) is 0 Å². The largest absolute Gasteiger partial charge is 0.348 e. The van der Waals surface area contributed by atoms with Crippen LogP contribution in [0.25, 0.3) is 0 Å². The summed E-state index contributed by atoms with van der Waals surface area (Å²) in [7, 11) is -0.958. The number of rotatable bonds is 7. The van der Waals surface area contributed by atoms with Gasteiger partial charge in [0.05, 0.1) is 6.04 Å². The van der Waals surface area contributed by atoms with Crippen LogP contribution in [0.3, 0.4) is 0 Å². The summed E-state index contributed by atoms with van der Waals surface area (Å²) in [6, 6.07) is 9.41. The number of hydrogen-bond donors (Lipinski definition) is 2. The molecule has 1 amide bonds. The molecule has 1 aromatic rings. The van der Waals surface area contributed by atoms with Gasteiger partial charge in [0.25, 0.3) is 0 Å². The molecule has 0 aromatic heterocycles. The molecule has 0 aliphatic carbocycles. The first-order valence-corrected chi connectivity index (χ1v) is 7.70. The third-order valence-corrected chi connectivity index (χ3v) is 3.35. The fourth-order valence-electron chi connectivity index (χ4n) is 1.67. The van der Waals surface area contributed by atoms with E-state index in [0.29, 0.717) is 25.1 Å². The Morgan fingerprint density at radius 1 is 1.37 bits per heavy atom. The molecule has 0 saturated carbocycles. The summed E-state index contributed by atoms with van der Waals surface area (Å²) < 4.78 is 11.4. The van der Waals surface area contributed by atoms with Crippen molar-refractivity contribution >= 4 is 29.1 Å². The third-order valence-electron chi connectivity index (χ3n) is 2.55. The zero-order valence-corrected chi connectivity index (χ0v) is 12.6. The van der Waals surface area contributed by atoms with Crippen LogP contribution >= 0.6 is 12.4 Å². The van der Waals surface area contributed by atoms with Crippen molar-refractivity contribution < 1.29 is 9.00 Å². The van der Waals surface area contributed by atoms with E-state index in [9.17, 15) is 9.00 Å². The summed E-state index contributed by atoms with van der Waals surface area (Å²) in [5, 5.41) is 2.91. The van der Waals surface area contributed by atoms with E-state index in [0.717, 1.165) is 5.56 Å². The predicted octanol–water partition coefficient (Wildman–Crippen LogP) is 1.38. The van der Waals surface area contributed by atoms with E-state index in [1.165, 1.54) is 0 Å². The predicted molar refractivity (Wildman–Crippen MR) is 81.8 cm³/mol. The summed E-state index contributed by atoms with van der Waals surface area (Å²) in [4.78, 5) is 11.7. The van der Waals surface area contributed by atoms with Gasteiger partial charge in [-0.1, -0.05) is 30.3 Å². The maximum absolute atomic E-state index is 11.7. The number of hydrogen-bond acceptors (Lipinski definition) is 3. The van der Waals surface area contributed by atoms with Crippen LogP contribution in [0.2, 0.25) is 0 Å². The minimum atomic E-state index is -0.958. The lowest BCUT2D eigenvalue weighted by atomic mass is 10.1. The highest BCUT2D eigenvalue weighted by Crippen LogP contribution is 2.13. The van der Waals surface area contributed by atoms with Crippen LogP contribution < -0.4 is 11.1 Å². The first-order chi connectivity index (χ1) is 8.63. The second kappa shape index (κ2) is 9.95.